The second-order valence-electron chi connectivity index (χ2n) is 5.45. The van der Waals surface area contributed by atoms with E-state index in [0.29, 0.717) is 5.75 Å². The van der Waals surface area contributed by atoms with E-state index in [1.165, 1.54) is 63.6 Å². The Bertz CT molecular complexity index is 850. The van der Waals surface area contributed by atoms with Crippen molar-refractivity contribution in [2.75, 3.05) is 19.5 Å². The van der Waals surface area contributed by atoms with Crippen molar-refractivity contribution in [2.24, 2.45) is 0 Å². The second-order valence-corrected chi connectivity index (χ2v) is 5.45. The van der Waals surface area contributed by atoms with Crippen molar-refractivity contribution < 1.29 is 33.0 Å². The number of hydrogen-bond donors (Lipinski definition) is 1. The zero-order valence-corrected chi connectivity index (χ0v) is 14.9. The Labute approximate surface area is 155 Å². The van der Waals surface area contributed by atoms with E-state index in [9.17, 15) is 18.8 Å². The van der Waals surface area contributed by atoms with Crippen LogP contribution in [0.5, 0.6) is 5.75 Å². The molecule has 0 radical (unpaired) electrons. The molecule has 1 N–H and O–H groups in total. The first-order valence-electron chi connectivity index (χ1n) is 7.89. The van der Waals surface area contributed by atoms with Gasteiger partial charge in [0.1, 0.15) is 11.6 Å². The molecule has 0 bridgehead atoms. The monoisotopic (exact) mass is 375 g/mol. The lowest BCUT2D eigenvalue weighted by Gasteiger charge is -2.16. The summed E-state index contributed by atoms with van der Waals surface area (Å²) in [6.07, 6.45) is -0.956. The van der Waals surface area contributed by atoms with Gasteiger partial charge in [0.15, 0.2) is 6.10 Å². The largest absolute Gasteiger partial charge is 0.481 e. The van der Waals surface area contributed by atoms with Gasteiger partial charge >= 0.3 is 11.9 Å². The maximum Gasteiger partial charge on any atom is 0.339 e. The molecule has 142 valence electrons. The fourth-order valence-corrected chi connectivity index (χ4v) is 2.19. The van der Waals surface area contributed by atoms with Gasteiger partial charge in [-0.05, 0) is 49.4 Å². The average molecular weight is 375 g/mol. The number of halogens is 1. The molecular formula is C19H18FNO6. The topological polar surface area (TPSA) is 90.9 Å². The second kappa shape index (κ2) is 8.79. The molecule has 7 nitrogen and oxygen atoms in total. The summed E-state index contributed by atoms with van der Waals surface area (Å²) in [6.45, 7) is 1.49. The molecule has 27 heavy (non-hydrogen) atoms. The van der Waals surface area contributed by atoms with Crippen LogP contribution in [-0.2, 0) is 14.3 Å². The SMILES string of the molecule is COC(=O)c1ccc(C(=O)OC)c(NC(=O)[C@@H](C)Oc2ccc(F)cc2)c1. The van der Waals surface area contributed by atoms with Gasteiger partial charge < -0.3 is 19.5 Å². The van der Waals surface area contributed by atoms with Gasteiger partial charge in [0.2, 0.25) is 0 Å². The molecule has 0 fully saturated rings. The van der Waals surface area contributed by atoms with E-state index < -0.39 is 29.8 Å². The third-order valence-corrected chi connectivity index (χ3v) is 3.60. The molecule has 8 heteroatoms. The molecule has 0 unspecified atom stereocenters. The number of methoxy groups -OCH3 is 2. The summed E-state index contributed by atoms with van der Waals surface area (Å²) in [6, 6.07) is 9.21. The number of carbonyl (C=O) groups excluding carboxylic acids is 3. The molecule has 1 atom stereocenters. The first-order valence-corrected chi connectivity index (χ1v) is 7.89. The summed E-state index contributed by atoms with van der Waals surface area (Å²) >= 11 is 0. The van der Waals surface area contributed by atoms with Crippen LogP contribution in [0, 0.1) is 5.82 Å². The highest BCUT2D eigenvalue weighted by Crippen LogP contribution is 2.21. The van der Waals surface area contributed by atoms with Crippen LogP contribution in [0.2, 0.25) is 0 Å². The molecule has 2 rings (SSSR count). The van der Waals surface area contributed by atoms with Crippen molar-refractivity contribution in [1.82, 2.24) is 0 Å². The quantitative estimate of drug-likeness (QED) is 0.781. The lowest BCUT2D eigenvalue weighted by atomic mass is 10.1. The van der Waals surface area contributed by atoms with Crippen LogP contribution in [0.1, 0.15) is 27.6 Å². The first-order chi connectivity index (χ1) is 12.8. The van der Waals surface area contributed by atoms with Crippen molar-refractivity contribution in [1.29, 1.82) is 0 Å². The zero-order chi connectivity index (χ0) is 20.0. The molecule has 0 heterocycles. The third-order valence-electron chi connectivity index (χ3n) is 3.60. The first kappa shape index (κ1) is 19.9. The van der Waals surface area contributed by atoms with Gasteiger partial charge in [0, 0.05) is 0 Å². The molecule has 0 aliphatic heterocycles. The van der Waals surface area contributed by atoms with Crippen molar-refractivity contribution >= 4 is 23.5 Å². The highest BCUT2D eigenvalue weighted by molar-refractivity contribution is 6.04. The van der Waals surface area contributed by atoms with Crippen molar-refractivity contribution in [3.8, 4) is 5.75 Å². The van der Waals surface area contributed by atoms with E-state index in [4.69, 9.17) is 4.74 Å². The minimum Gasteiger partial charge on any atom is -0.481 e. The van der Waals surface area contributed by atoms with Crippen LogP contribution in [-0.4, -0.2) is 38.2 Å². The third kappa shape index (κ3) is 5.04. The van der Waals surface area contributed by atoms with Crippen LogP contribution in [0.25, 0.3) is 0 Å². The number of anilines is 1. The number of nitrogens with one attached hydrogen (secondary N) is 1. The fraction of sp³-hybridized carbons (Fsp3) is 0.211. The summed E-state index contributed by atoms with van der Waals surface area (Å²) in [5.41, 5.74) is 0.282. The summed E-state index contributed by atoms with van der Waals surface area (Å²) < 4.78 is 27.7. The molecule has 0 aliphatic carbocycles. The molecule has 1 amide bonds. The van der Waals surface area contributed by atoms with Crippen molar-refractivity contribution in [3.63, 3.8) is 0 Å². The molecule has 0 spiro atoms. The summed E-state index contributed by atoms with van der Waals surface area (Å²) in [5.74, 6) is -2.02. The van der Waals surface area contributed by atoms with E-state index in [-0.39, 0.29) is 16.8 Å². The van der Waals surface area contributed by atoms with Gasteiger partial charge in [-0.2, -0.15) is 0 Å². The van der Waals surface area contributed by atoms with Crippen LogP contribution in [0.4, 0.5) is 10.1 Å². The maximum atomic E-state index is 12.9. The molecule has 0 aliphatic rings. The Morgan fingerprint density at radius 3 is 2.19 bits per heavy atom. The van der Waals surface area contributed by atoms with Gasteiger partial charge in [-0.15, -0.1) is 0 Å². The van der Waals surface area contributed by atoms with Crippen LogP contribution < -0.4 is 10.1 Å². The number of esters is 2. The van der Waals surface area contributed by atoms with Crippen LogP contribution >= 0.6 is 0 Å². The van der Waals surface area contributed by atoms with E-state index in [0.717, 1.165) is 0 Å². The maximum absolute atomic E-state index is 12.9. The summed E-state index contributed by atoms with van der Waals surface area (Å²) in [5, 5.41) is 2.53. The highest BCUT2D eigenvalue weighted by atomic mass is 19.1. The minimum absolute atomic E-state index is 0.0625. The van der Waals surface area contributed by atoms with Gasteiger partial charge in [-0.3, -0.25) is 4.79 Å². The number of benzene rings is 2. The normalized spacial score (nSPS) is 11.3. The summed E-state index contributed by atoms with van der Waals surface area (Å²) in [7, 11) is 2.41. The summed E-state index contributed by atoms with van der Waals surface area (Å²) in [4.78, 5) is 36.0. The predicted molar refractivity (Wildman–Crippen MR) is 94.2 cm³/mol. The lowest BCUT2D eigenvalue weighted by Crippen LogP contribution is -2.31. The Hall–Kier alpha value is -3.42. The number of ether oxygens (including phenoxy) is 3. The molecule has 2 aromatic rings. The number of amides is 1. The molecule has 0 aromatic heterocycles. The molecular weight excluding hydrogens is 357 g/mol. The van der Waals surface area contributed by atoms with E-state index in [2.05, 4.69) is 14.8 Å². The highest BCUT2D eigenvalue weighted by Gasteiger charge is 2.21. The minimum atomic E-state index is -0.956. The Morgan fingerprint density at radius 1 is 0.963 bits per heavy atom. The van der Waals surface area contributed by atoms with E-state index in [1.807, 2.05) is 0 Å². The smallest absolute Gasteiger partial charge is 0.339 e. The predicted octanol–water partition coefficient (Wildman–Crippen LogP) is 2.80. The number of carbonyl (C=O) groups is 3. The zero-order valence-electron chi connectivity index (χ0n) is 14.9. The standard InChI is InChI=1S/C19H18FNO6/c1-11(27-14-7-5-13(20)6-8-14)17(22)21-16-10-12(18(23)25-2)4-9-15(16)19(24)26-3/h4-11H,1-3H3,(H,21,22)/t11-/m1/s1. The average Bonchev–Trinajstić information content (AvgIpc) is 2.68. The van der Waals surface area contributed by atoms with E-state index >= 15 is 0 Å². The molecule has 0 saturated carbocycles. The van der Waals surface area contributed by atoms with Crippen LogP contribution in [0.15, 0.2) is 42.5 Å². The van der Waals surface area contributed by atoms with E-state index in [1.54, 1.807) is 0 Å². The van der Waals surface area contributed by atoms with Crippen molar-refractivity contribution in [3.05, 3.63) is 59.4 Å². The molecule has 2 aromatic carbocycles. The van der Waals surface area contributed by atoms with Crippen LogP contribution in [0.3, 0.4) is 0 Å². The Kier molecular flexibility index (Phi) is 6.48. The Balaban J connectivity index is 2.22. The number of hydrogen-bond acceptors (Lipinski definition) is 6. The Morgan fingerprint density at radius 2 is 1.59 bits per heavy atom. The van der Waals surface area contributed by atoms with Gasteiger partial charge in [-0.1, -0.05) is 0 Å². The molecule has 0 saturated heterocycles. The van der Waals surface area contributed by atoms with Gasteiger partial charge in [-0.25, -0.2) is 14.0 Å². The van der Waals surface area contributed by atoms with Crippen molar-refractivity contribution in [2.45, 2.75) is 13.0 Å². The van der Waals surface area contributed by atoms with Gasteiger partial charge in [0.05, 0.1) is 31.0 Å². The lowest BCUT2D eigenvalue weighted by molar-refractivity contribution is -0.122. The van der Waals surface area contributed by atoms with Gasteiger partial charge in [0.25, 0.3) is 5.91 Å². The number of rotatable bonds is 6. The fourth-order valence-electron chi connectivity index (χ4n) is 2.19.